The van der Waals surface area contributed by atoms with Crippen molar-refractivity contribution in [2.75, 3.05) is 0 Å². The van der Waals surface area contributed by atoms with Crippen molar-refractivity contribution in [2.24, 2.45) is 5.41 Å². The molecule has 43 heavy (non-hydrogen) atoms. The molecule has 0 aliphatic rings. The second-order valence-corrected chi connectivity index (χ2v) is 13.1. The first-order valence-corrected chi connectivity index (χ1v) is 18.8. The quantitative estimate of drug-likeness (QED) is 0.0435. The fourth-order valence-corrected chi connectivity index (χ4v) is 5.99. The van der Waals surface area contributed by atoms with Gasteiger partial charge in [-0.3, -0.25) is 9.59 Å². The first-order chi connectivity index (χ1) is 21.0. The van der Waals surface area contributed by atoms with E-state index in [9.17, 15) is 19.8 Å². The molecule has 0 unspecified atom stereocenters. The van der Waals surface area contributed by atoms with E-state index in [1.165, 1.54) is 116 Å². The van der Waals surface area contributed by atoms with Gasteiger partial charge in [-0.1, -0.05) is 167 Å². The van der Waals surface area contributed by atoms with Crippen LogP contribution in [0.25, 0.3) is 0 Å². The Morgan fingerprint density at radius 2 is 0.628 bits per heavy atom. The summed E-state index contributed by atoms with van der Waals surface area (Å²) >= 11 is 0. The fourth-order valence-electron chi connectivity index (χ4n) is 5.99. The van der Waals surface area contributed by atoms with Gasteiger partial charge in [0.2, 0.25) is 0 Å². The van der Waals surface area contributed by atoms with Crippen LogP contribution in [-0.2, 0) is 9.59 Å². The maximum Gasteiger partial charge on any atom is 0.321 e. The Kier molecular flexibility index (Phi) is 30.7. The highest BCUT2D eigenvalue weighted by molar-refractivity contribution is 5.98. The molecular formula is C39H72O4. The van der Waals surface area contributed by atoms with E-state index < -0.39 is 17.4 Å². The molecule has 4 heteroatoms. The molecule has 0 spiro atoms. The Labute approximate surface area is 267 Å². The molecule has 2 N–H and O–H groups in total. The molecule has 0 saturated carbocycles. The highest BCUT2D eigenvalue weighted by atomic mass is 16.4. The maximum atomic E-state index is 12.1. The summed E-state index contributed by atoms with van der Waals surface area (Å²) in [6.07, 6.45) is 43.2. The highest BCUT2D eigenvalue weighted by Gasteiger charge is 2.45. The molecule has 0 bridgehead atoms. The molecule has 0 heterocycles. The molecule has 0 atom stereocenters. The minimum atomic E-state index is -1.61. The van der Waals surface area contributed by atoms with E-state index >= 15 is 0 Å². The van der Waals surface area contributed by atoms with Gasteiger partial charge in [0, 0.05) is 0 Å². The summed E-state index contributed by atoms with van der Waals surface area (Å²) in [4.78, 5) is 24.1. The number of hydrogen-bond acceptors (Lipinski definition) is 2. The molecular weight excluding hydrogens is 532 g/mol. The lowest BCUT2D eigenvalue weighted by Gasteiger charge is -2.25. The Hall–Kier alpha value is -1.58. The Morgan fingerprint density at radius 1 is 0.395 bits per heavy atom. The van der Waals surface area contributed by atoms with Crippen molar-refractivity contribution in [1.82, 2.24) is 0 Å². The van der Waals surface area contributed by atoms with Crippen LogP contribution in [0.3, 0.4) is 0 Å². The third-order valence-corrected chi connectivity index (χ3v) is 9.05. The fraction of sp³-hybridized carbons (Fsp3) is 0.846. The van der Waals surface area contributed by atoms with E-state index in [1.807, 2.05) is 0 Å². The third kappa shape index (κ3) is 25.4. The molecule has 0 radical (unpaired) electrons. The standard InChI is InChI=1S/C39H72O4/c1-3-5-7-9-11-13-15-17-19-21-23-25-27-29-31-33-35-39(37(40)41,38(42)43)36-34-32-30-28-26-24-22-20-18-16-14-12-10-8-6-4-2/h17-20H,3-16,21-36H2,1-2H3,(H,40,41)(H,42,43)/b19-17-,20-18-. The van der Waals surface area contributed by atoms with Crippen molar-refractivity contribution in [2.45, 2.75) is 206 Å². The van der Waals surface area contributed by atoms with Crippen molar-refractivity contribution >= 4 is 11.9 Å². The van der Waals surface area contributed by atoms with Crippen LogP contribution in [0.4, 0.5) is 0 Å². The molecule has 0 fully saturated rings. The Morgan fingerprint density at radius 3 is 0.884 bits per heavy atom. The van der Waals surface area contributed by atoms with Gasteiger partial charge < -0.3 is 10.2 Å². The van der Waals surface area contributed by atoms with E-state index in [2.05, 4.69) is 38.2 Å². The van der Waals surface area contributed by atoms with Crippen LogP contribution < -0.4 is 0 Å². The van der Waals surface area contributed by atoms with E-state index in [1.54, 1.807) is 0 Å². The number of allylic oxidation sites excluding steroid dienone is 4. The maximum absolute atomic E-state index is 12.1. The first-order valence-electron chi connectivity index (χ1n) is 18.8. The number of carboxylic acids is 2. The van der Waals surface area contributed by atoms with Crippen molar-refractivity contribution in [3.05, 3.63) is 24.3 Å². The van der Waals surface area contributed by atoms with Gasteiger partial charge >= 0.3 is 11.9 Å². The van der Waals surface area contributed by atoms with Gasteiger partial charge in [-0.15, -0.1) is 0 Å². The van der Waals surface area contributed by atoms with Crippen LogP contribution in [0.15, 0.2) is 24.3 Å². The van der Waals surface area contributed by atoms with Crippen molar-refractivity contribution in [1.29, 1.82) is 0 Å². The van der Waals surface area contributed by atoms with E-state index in [4.69, 9.17) is 0 Å². The predicted molar refractivity (Wildman–Crippen MR) is 186 cm³/mol. The minimum absolute atomic E-state index is 0.254. The smallest absolute Gasteiger partial charge is 0.321 e. The molecule has 0 amide bonds. The summed E-state index contributed by atoms with van der Waals surface area (Å²) in [7, 11) is 0. The molecule has 4 nitrogen and oxygen atoms in total. The van der Waals surface area contributed by atoms with Crippen molar-refractivity contribution in [3.63, 3.8) is 0 Å². The summed E-state index contributed by atoms with van der Waals surface area (Å²) in [5, 5.41) is 19.7. The van der Waals surface area contributed by atoms with E-state index in [0.717, 1.165) is 51.4 Å². The minimum Gasteiger partial charge on any atom is -0.480 e. The zero-order valence-electron chi connectivity index (χ0n) is 28.7. The van der Waals surface area contributed by atoms with Crippen LogP contribution in [-0.4, -0.2) is 22.2 Å². The zero-order chi connectivity index (χ0) is 31.7. The van der Waals surface area contributed by atoms with Gasteiger partial charge in [0.05, 0.1) is 0 Å². The van der Waals surface area contributed by atoms with E-state index in [-0.39, 0.29) is 12.8 Å². The number of carboxylic acid groups (broad SMARTS) is 2. The zero-order valence-corrected chi connectivity index (χ0v) is 28.7. The second-order valence-electron chi connectivity index (χ2n) is 13.1. The average molecular weight is 605 g/mol. The molecule has 0 saturated heterocycles. The molecule has 0 aromatic carbocycles. The van der Waals surface area contributed by atoms with Crippen molar-refractivity contribution in [3.8, 4) is 0 Å². The second kappa shape index (κ2) is 31.8. The molecule has 252 valence electrons. The molecule has 0 aliphatic carbocycles. The van der Waals surface area contributed by atoms with E-state index in [0.29, 0.717) is 12.8 Å². The Bertz CT molecular complexity index is 623. The summed E-state index contributed by atoms with van der Waals surface area (Å²) in [6.45, 7) is 4.52. The average Bonchev–Trinajstić information content (AvgIpc) is 2.99. The summed E-state index contributed by atoms with van der Waals surface area (Å²) in [5.74, 6) is -2.30. The Balaban J connectivity index is 3.87. The van der Waals surface area contributed by atoms with Crippen LogP contribution >= 0.6 is 0 Å². The van der Waals surface area contributed by atoms with Gasteiger partial charge in [0.25, 0.3) is 0 Å². The number of rotatable bonds is 34. The normalized spacial score (nSPS) is 12.1. The number of carbonyl (C=O) groups is 2. The van der Waals surface area contributed by atoms with Gasteiger partial charge in [0.15, 0.2) is 5.41 Å². The summed E-state index contributed by atoms with van der Waals surface area (Å²) in [6, 6.07) is 0. The SMILES string of the molecule is CCCCCCCC/C=C\CCCCCCCCC(CCCCCCCC/C=C\CCCCCCCC)(C(=O)O)C(=O)O. The number of hydrogen-bond donors (Lipinski definition) is 2. The van der Waals surface area contributed by atoms with Gasteiger partial charge in [-0.25, -0.2) is 0 Å². The van der Waals surface area contributed by atoms with Crippen molar-refractivity contribution < 1.29 is 19.8 Å². The topological polar surface area (TPSA) is 74.6 Å². The predicted octanol–water partition coefficient (Wildman–Crippen LogP) is 13.0. The summed E-state index contributed by atoms with van der Waals surface area (Å²) in [5.41, 5.74) is -1.61. The monoisotopic (exact) mass is 605 g/mol. The van der Waals surface area contributed by atoms with Gasteiger partial charge in [-0.05, 0) is 64.2 Å². The van der Waals surface area contributed by atoms with Crippen LogP contribution in [0.1, 0.15) is 206 Å². The lowest BCUT2D eigenvalue weighted by atomic mass is 9.78. The van der Waals surface area contributed by atoms with Crippen LogP contribution in [0.5, 0.6) is 0 Å². The molecule has 0 aliphatic heterocycles. The largest absolute Gasteiger partial charge is 0.480 e. The van der Waals surface area contributed by atoms with Crippen LogP contribution in [0.2, 0.25) is 0 Å². The molecule has 0 rings (SSSR count). The van der Waals surface area contributed by atoms with Gasteiger partial charge in [-0.2, -0.15) is 0 Å². The van der Waals surface area contributed by atoms with Crippen LogP contribution in [0, 0.1) is 5.41 Å². The lowest BCUT2D eigenvalue weighted by molar-refractivity contribution is -0.166. The highest BCUT2D eigenvalue weighted by Crippen LogP contribution is 2.33. The summed E-state index contributed by atoms with van der Waals surface area (Å²) < 4.78 is 0. The van der Waals surface area contributed by atoms with Gasteiger partial charge in [0.1, 0.15) is 0 Å². The first kappa shape index (κ1) is 41.4. The molecule has 0 aromatic heterocycles. The lowest BCUT2D eigenvalue weighted by Crippen LogP contribution is -2.39. The molecule has 0 aromatic rings. The number of aliphatic carboxylic acids is 2. The number of unbranched alkanes of at least 4 members (excludes halogenated alkanes) is 24. The third-order valence-electron chi connectivity index (χ3n) is 9.05.